The number of rotatable bonds is 14. The molecule has 6 aromatic rings. The Morgan fingerprint density at radius 3 is 2.19 bits per heavy atom. The van der Waals surface area contributed by atoms with Gasteiger partial charge in [0, 0.05) is 16.7 Å². The zero-order chi connectivity index (χ0) is 43.8. The number of amides is 1. The minimum absolute atomic E-state index is 0.0497. The number of carbonyl (C=O) groups is 1. The quantitative estimate of drug-likeness (QED) is 0.0635. The van der Waals surface area contributed by atoms with Gasteiger partial charge in [-0.05, 0) is 104 Å². The number of nitrogens with zero attached hydrogens (tertiary/aromatic N) is 4. The van der Waals surface area contributed by atoms with E-state index in [2.05, 4.69) is 52.8 Å². The monoisotopic (exact) mass is 903 g/mol. The molecule has 1 unspecified atom stereocenters. The van der Waals surface area contributed by atoms with Crippen molar-refractivity contribution < 1.29 is 32.8 Å². The molecule has 3 fully saturated rings. The van der Waals surface area contributed by atoms with Crippen molar-refractivity contribution >= 4 is 51.8 Å². The Bertz CT molecular complexity index is 2590. The summed E-state index contributed by atoms with van der Waals surface area (Å²) in [7, 11) is 3.30. The summed E-state index contributed by atoms with van der Waals surface area (Å²) >= 11 is 8.08. The summed E-state index contributed by atoms with van der Waals surface area (Å²) in [6, 6.07) is 35.0. The maximum absolute atomic E-state index is 13.2. The Kier molecular flexibility index (Phi) is 12.3. The first-order chi connectivity index (χ1) is 30.5. The molecule has 1 aliphatic carbocycles. The van der Waals surface area contributed by atoms with E-state index < -0.39 is 29.7 Å². The number of anilines is 1. The van der Waals surface area contributed by atoms with Gasteiger partial charge in [0.05, 0.1) is 39.4 Å². The van der Waals surface area contributed by atoms with Crippen LogP contribution < -0.4 is 14.8 Å². The van der Waals surface area contributed by atoms with Gasteiger partial charge in [-0.2, -0.15) is 0 Å². The fraction of sp³-hybridized carbons (Fsp3) is 0.333. The molecular weight excluding hydrogens is 854 g/mol. The molecule has 15 heteroatoms. The van der Waals surface area contributed by atoms with Crippen LogP contribution in [0.25, 0.3) is 11.2 Å². The van der Waals surface area contributed by atoms with Gasteiger partial charge in [-0.1, -0.05) is 96.3 Å². The fourth-order valence-electron chi connectivity index (χ4n) is 8.94. The van der Waals surface area contributed by atoms with E-state index in [-0.39, 0.29) is 23.4 Å². The summed E-state index contributed by atoms with van der Waals surface area (Å²) in [5.41, 5.74) is 1.29. The molecule has 2 aliphatic heterocycles. The normalized spacial score (nSPS) is 25.7. The van der Waals surface area contributed by atoms with Gasteiger partial charge in [0.15, 0.2) is 17.0 Å². The minimum Gasteiger partial charge on any atom is -0.497 e. The third-order valence-corrected chi connectivity index (χ3v) is 18.2. The van der Waals surface area contributed by atoms with Gasteiger partial charge < -0.3 is 33.3 Å². The van der Waals surface area contributed by atoms with Crippen LogP contribution in [0.3, 0.4) is 0 Å². The number of imidazole rings is 1. The molecule has 63 heavy (non-hydrogen) atoms. The molecule has 1 amide bonds. The summed E-state index contributed by atoms with van der Waals surface area (Å²) in [6.07, 6.45) is 4.56. The molecule has 4 aromatic carbocycles. The van der Waals surface area contributed by atoms with E-state index in [4.69, 9.17) is 39.8 Å². The first-order valence-electron chi connectivity index (χ1n) is 21.0. The second kappa shape index (κ2) is 17.9. The van der Waals surface area contributed by atoms with E-state index in [9.17, 15) is 4.79 Å². The minimum atomic E-state index is -2.89. The lowest BCUT2D eigenvalue weighted by Gasteiger charge is -2.37. The van der Waals surface area contributed by atoms with Crippen molar-refractivity contribution in [3.05, 3.63) is 156 Å². The second-order valence-corrected chi connectivity index (χ2v) is 23.0. The number of carbonyl (C=O) groups excluding carboxylic acids is 1. The van der Waals surface area contributed by atoms with Crippen molar-refractivity contribution in [3.63, 3.8) is 0 Å². The van der Waals surface area contributed by atoms with E-state index in [1.165, 1.54) is 11.9 Å². The predicted molar refractivity (Wildman–Crippen MR) is 249 cm³/mol. The van der Waals surface area contributed by atoms with Crippen LogP contribution in [-0.2, 0) is 35.9 Å². The summed E-state index contributed by atoms with van der Waals surface area (Å²) in [6.45, 7) is 8.72. The van der Waals surface area contributed by atoms with Crippen molar-refractivity contribution in [2.24, 2.45) is 5.92 Å². The van der Waals surface area contributed by atoms with E-state index in [0.29, 0.717) is 34.9 Å². The van der Waals surface area contributed by atoms with Crippen molar-refractivity contribution in [2.75, 3.05) is 26.1 Å². The number of hydrogen-bond acceptors (Lipinski definition) is 12. The zero-order valence-electron chi connectivity index (χ0n) is 35.6. The number of allylic oxidation sites excluding steroid dienone is 1. The van der Waals surface area contributed by atoms with Crippen LogP contribution in [0, 0.1) is 5.92 Å². The van der Waals surface area contributed by atoms with E-state index in [1.807, 2.05) is 89.5 Å². The van der Waals surface area contributed by atoms with Crippen LogP contribution in [0.1, 0.15) is 72.8 Å². The van der Waals surface area contributed by atoms with Crippen LogP contribution >= 0.6 is 17.1 Å². The molecule has 1 N–H and O–H groups in total. The van der Waals surface area contributed by atoms with Crippen LogP contribution in [0.15, 0.2) is 134 Å². The molecular formula is C48H50N5O7PS2. The maximum Gasteiger partial charge on any atom is 0.256 e. The van der Waals surface area contributed by atoms with Crippen molar-refractivity contribution in [2.45, 2.75) is 74.4 Å². The highest BCUT2D eigenvalue weighted by atomic mass is 32.9. The number of aromatic nitrogens is 4. The Morgan fingerprint density at radius 2 is 1.56 bits per heavy atom. The number of benzene rings is 4. The summed E-state index contributed by atoms with van der Waals surface area (Å²) < 4.78 is 41.2. The molecule has 7 atom stereocenters. The number of nitrogens with one attached hydrogen (secondary N) is 1. The molecule has 0 spiro atoms. The highest BCUT2D eigenvalue weighted by Crippen LogP contribution is 2.76. The molecule has 2 saturated heterocycles. The summed E-state index contributed by atoms with van der Waals surface area (Å²) in [5.74, 6) is 1.82. The standard InChI is InChI=1S/C48H50N5O7PS2/c1-31(2)33-24-25-47(3)41(26-33)60-61(62,63-47)59-39-27-42(53-30-51-43-44(49-29-50-45(43)53)52-46(54)32-12-8-6-9-13-32)58-40(39)28-57-48(34-14-10-7-11-15-34,35-16-20-37(55-4)21-17-35)36-18-22-38(56-5)23-19-36/h6-23,29-30,33,39-42H,1,24-28H2,2-5H3,(H,49,50,52,54)/t33-,39+,40-,41+,42-,47+,61?/m1/s1. The first-order valence-corrected chi connectivity index (χ1v) is 25.1. The highest BCUT2D eigenvalue weighted by molar-refractivity contribution is 8.68. The number of hydrogen-bond donors (Lipinski definition) is 1. The Balaban J connectivity index is 1.08. The summed E-state index contributed by atoms with van der Waals surface area (Å²) in [5, 5.41) is 2.91. The molecule has 0 radical (unpaired) electrons. The number of ether oxygens (including phenoxy) is 4. The largest absolute Gasteiger partial charge is 0.497 e. The Morgan fingerprint density at radius 1 is 0.921 bits per heavy atom. The third kappa shape index (κ3) is 8.58. The lowest BCUT2D eigenvalue weighted by Crippen LogP contribution is -2.39. The van der Waals surface area contributed by atoms with E-state index >= 15 is 0 Å². The molecule has 4 heterocycles. The SMILES string of the molecule is C=C(C)[C@@H]1CC[C@]2(C)SP(=S)(O[C@H]3C[C@H](n4cnc5c(NC(=O)c6ccccc6)ncnc54)O[C@@H]3COC(c3ccccc3)(c3ccc(OC)cc3)c3ccc(OC)cc3)O[C@H]2C1. The van der Waals surface area contributed by atoms with Crippen LogP contribution in [0.5, 0.6) is 11.5 Å². The molecule has 1 saturated carbocycles. The molecule has 326 valence electrons. The van der Waals surface area contributed by atoms with Crippen LogP contribution in [-0.4, -0.2) is 69.3 Å². The summed E-state index contributed by atoms with van der Waals surface area (Å²) in [4.78, 5) is 26.9. The van der Waals surface area contributed by atoms with Gasteiger partial charge in [0.2, 0.25) is 5.69 Å². The molecule has 0 bridgehead atoms. The Labute approximate surface area is 376 Å². The number of methoxy groups -OCH3 is 2. The molecule has 3 aliphatic rings. The van der Waals surface area contributed by atoms with Gasteiger partial charge in [0.1, 0.15) is 35.8 Å². The van der Waals surface area contributed by atoms with Crippen molar-refractivity contribution in [1.29, 1.82) is 0 Å². The topological polar surface area (TPSA) is 128 Å². The average Bonchev–Trinajstić information content (AvgIpc) is 4.00. The first kappa shape index (κ1) is 43.3. The Hall–Kier alpha value is -4.92. The van der Waals surface area contributed by atoms with Gasteiger partial charge in [-0.25, -0.2) is 15.0 Å². The smallest absolute Gasteiger partial charge is 0.256 e. The molecule has 2 aromatic heterocycles. The lowest BCUT2D eigenvalue weighted by atomic mass is 9.77. The van der Waals surface area contributed by atoms with E-state index in [1.54, 1.807) is 44.1 Å². The van der Waals surface area contributed by atoms with Gasteiger partial charge >= 0.3 is 0 Å². The highest BCUT2D eigenvalue weighted by Gasteiger charge is 2.55. The molecule has 12 nitrogen and oxygen atoms in total. The van der Waals surface area contributed by atoms with Crippen molar-refractivity contribution in [3.8, 4) is 11.5 Å². The predicted octanol–water partition coefficient (Wildman–Crippen LogP) is 10.3. The maximum atomic E-state index is 13.2. The van der Waals surface area contributed by atoms with Crippen LogP contribution in [0.4, 0.5) is 5.82 Å². The average molecular weight is 904 g/mol. The zero-order valence-corrected chi connectivity index (χ0v) is 38.1. The van der Waals surface area contributed by atoms with E-state index in [0.717, 1.165) is 47.5 Å². The van der Waals surface area contributed by atoms with Gasteiger partial charge in [-0.15, -0.1) is 0 Å². The fourth-order valence-corrected chi connectivity index (χ4v) is 16.5. The van der Waals surface area contributed by atoms with Gasteiger partial charge in [0.25, 0.3) is 5.91 Å². The third-order valence-electron chi connectivity index (χ3n) is 12.5. The second-order valence-electron chi connectivity index (χ2n) is 16.5. The van der Waals surface area contributed by atoms with Crippen LogP contribution in [0.2, 0.25) is 0 Å². The molecule has 9 rings (SSSR count). The number of fused-ring (bicyclic) bond motifs is 2. The van der Waals surface area contributed by atoms with Gasteiger partial charge in [-0.3, -0.25) is 9.36 Å². The lowest BCUT2D eigenvalue weighted by molar-refractivity contribution is -0.0903. The van der Waals surface area contributed by atoms with Crippen molar-refractivity contribution in [1.82, 2.24) is 19.5 Å².